The minimum Gasteiger partial charge on any atom is -0.493 e. The molecule has 0 heterocycles. The van der Waals surface area contributed by atoms with Crippen LogP contribution in [-0.4, -0.2) is 31.1 Å². The first kappa shape index (κ1) is 23.4. The van der Waals surface area contributed by atoms with Crippen LogP contribution in [0.5, 0.6) is 11.5 Å². The van der Waals surface area contributed by atoms with Crippen molar-refractivity contribution in [1.82, 2.24) is 5.32 Å². The van der Waals surface area contributed by atoms with Gasteiger partial charge in [-0.15, -0.1) is 0 Å². The summed E-state index contributed by atoms with van der Waals surface area (Å²) < 4.78 is 16.2. The Kier molecular flexibility index (Phi) is 7.96. The van der Waals surface area contributed by atoms with Crippen LogP contribution >= 0.6 is 11.6 Å². The summed E-state index contributed by atoms with van der Waals surface area (Å²) in [7, 11) is 1.46. The maximum Gasteiger partial charge on any atom is 0.338 e. The second-order valence-corrected chi connectivity index (χ2v) is 8.03. The molecule has 1 N–H and O–H groups in total. The van der Waals surface area contributed by atoms with Crippen molar-refractivity contribution in [2.75, 3.05) is 13.7 Å². The van der Waals surface area contributed by atoms with Crippen LogP contribution in [-0.2, 0) is 16.1 Å². The first-order valence-electron chi connectivity index (χ1n) is 10.4. The number of ether oxygens (including phenoxy) is 3. The predicted octanol–water partition coefficient (Wildman–Crippen LogP) is 4.43. The molecule has 2 aromatic rings. The number of esters is 1. The number of hydrogen-bond donors (Lipinski definition) is 1. The molecule has 0 unspecified atom stereocenters. The van der Waals surface area contributed by atoms with Gasteiger partial charge in [-0.25, -0.2) is 4.79 Å². The molecule has 1 amide bonds. The third kappa shape index (κ3) is 5.92. The third-order valence-electron chi connectivity index (χ3n) is 5.37. The maximum absolute atomic E-state index is 12.4. The highest BCUT2D eigenvalue weighted by atomic mass is 35.5. The molecule has 0 aromatic heterocycles. The van der Waals surface area contributed by atoms with Crippen molar-refractivity contribution >= 4 is 23.5 Å². The number of carbonyl (C=O) groups excluding carboxylic acids is 2. The average Bonchev–Trinajstić information content (AvgIpc) is 2.82. The number of benzene rings is 2. The highest BCUT2D eigenvalue weighted by Gasteiger charge is 2.33. The fraction of sp³-hybridized carbons (Fsp3) is 0.375. The van der Waals surface area contributed by atoms with Crippen LogP contribution in [0.4, 0.5) is 0 Å². The van der Waals surface area contributed by atoms with E-state index in [0.29, 0.717) is 29.4 Å². The lowest BCUT2D eigenvalue weighted by Crippen LogP contribution is -2.50. The van der Waals surface area contributed by atoms with Crippen molar-refractivity contribution in [3.05, 3.63) is 58.6 Å². The molecule has 168 valence electrons. The first-order valence-corrected chi connectivity index (χ1v) is 10.8. The number of carbonyl (C=O) groups is 2. The van der Waals surface area contributed by atoms with Crippen molar-refractivity contribution in [3.8, 4) is 17.6 Å². The molecule has 2 aromatic carbocycles. The fourth-order valence-electron chi connectivity index (χ4n) is 3.62. The Morgan fingerprint density at radius 2 is 1.88 bits per heavy atom. The largest absolute Gasteiger partial charge is 0.493 e. The van der Waals surface area contributed by atoms with Gasteiger partial charge in [0.2, 0.25) is 0 Å². The molecule has 0 aliphatic heterocycles. The Hall–Kier alpha value is -3.24. The Labute approximate surface area is 192 Å². The number of nitrogens with one attached hydrogen (secondary N) is 1. The number of nitriles is 1. The molecule has 3 rings (SSSR count). The van der Waals surface area contributed by atoms with E-state index in [1.807, 2.05) is 18.2 Å². The third-order valence-corrected chi connectivity index (χ3v) is 5.74. The topological polar surface area (TPSA) is 97.6 Å². The van der Waals surface area contributed by atoms with Crippen molar-refractivity contribution in [3.63, 3.8) is 0 Å². The van der Waals surface area contributed by atoms with E-state index in [0.717, 1.165) is 24.8 Å². The van der Waals surface area contributed by atoms with Crippen LogP contribution in [0.2, 0.25) is 5.02 Å². The fourth-order valence-corrected chi connectivity index (χ4v) is 3.81. The summed E-state index contributed by atoms with van der Waals surface area (Å²) in [5.41, 5.74) is 0.164. The van der Waals surface area contributed by atoms with Crippen LogP contribution in [0.3, 0.4) is 0 Å². The zero-order chi connectivity index (χ0) is 23.0. The maximum atomic E-state index is 12.4. The Bertz CT molecular complexity index is 1010. The molecule has 0 saturated heterocycles. The molecule has 8 heteroatoms. The molecule has 0 spiro atoms. The highest BCUT2D eigenvalue weighted by Crippen LogP contribution is 2.30. The second-order valence-electron chi connectivity index (χ2n) is 7.62. The van der Waals surface area contributed by atoms with Crippen molar-refractivity contribution in [2.24, 2.45) is 0 Å². The number of amides is 1. The monoisotopic (exact) mass is 456 g/mol. The van der Waals surface area contributed by atoms with Gasteiger partial charge in [-0.1, -0.05) is 49.1 Å². The minimum atomic E-state index is -0.869. The van der Waals surface area contributed by atoms with E-state index in [4.69, 9.17) is 25.8 Å². The first-order chi connectivity index (χ1) is 15.5. The molecular weight excluding hydrogens is 432 g/mol. The van der Waals surface area contributed by atoms with E-state index in [1.54, 1.807) is 12.1 Å². The van der Waals surface area contributed by atoms with Gasteiger partial charge in [0, 0.05) is 10.6 Å². The smallest absolute Gasteiger partial charge is 0.338 e. The molecule has 32 heavy (non-hydrogen) atoms. The lowest BCUT2D eigenvalue weighted by Gasteiger charge is -2.31. The van der Waals surface area contributed by atoms with E-state index < -0.39 is 24.0 Å². The Balaban J connectivity index is 1.57. The summed E-state index contributed by atoms with van der Waals surface area (Å²) in [5, 5.41) is 12.8. The number of halogens is 1. The number of nitrogens with zero attached hydrogens (tertiary/aromatic N) is 1. The summed E-state index contributed by atoms with van der Waals surface area (Å²) in [5.74, 6) is -0.379. The van der Waals surface area contributed by atoms with Gasteiger partial charge in [0.1, 0.15) is 12.1 Å². The van der Waals surface area contributed by atoms with E-state index in [2.05, 4.69) is 11.4 Å². The van der Waals surface area contributed by atoms with Crippen LogP contribution in [0, 0.1) is 11.3 Å². The molecule has 0 bridgehead atoms. The zero-order valence-corrected chi connectivity index (χ0v) is 18.6. The molecule has 0 radical (unpaired) electrons. The molecule has 0 atom stereocenters. The van der Waals surface area contributed by atoms with Gasteiger partial charge in [0.15, 0.2) is 18.1 Å². The van der Waals surface area contributed by atoms with Gasteiger partial charge in [-0.2, -0.15) is 5.26 Å². The van der Waals surface area contributed by atoms with Crippen LogP contribution in [0.1, 0.15) is 48.0 Å². The van der Waals surface area contributed by atoms with Gasteiger partial charge in [0.25, 0.3) is 5.91 Å². The van der Waals surface area contributed by atoms with Gasteiger partial charge in [0.05, 0.1) is 18.7 Å². The molecule has 1 fully saturated rings. The molecule has 1 aliphatic rings. The molecule has 1 saturated carbocycles. The SMILES string of the molecule is COc1cc(C(=O)OCC(=O)NC2(C#N)CCCCC2)ccc1OCc1ccccc1Cl. The van der Waals surface area contributed by atoms with E-state index in [9.17, 15) is 14.9 Å². The summed E-state index contributed by atoms with van der Waals surface area (Å²) in [6.45, 7) is -0.226. The normalized spacial score (nSPS) is 14.7. The average molecular weight is 457 g/mol. The van der Waals surface area contributed by atoms with Crippen molar-refractivity contribution < 1.29 is 23.8 Å². The quantitative estimate of drug-likeness (QED) is 0.590. The Morgan fingerprint density at radius 3 is 2.56 bits per heavy atom. The van der Waals surface area contributed by atoms with Crippen LogP contribution in [0.15, 0.2) is 42.5 Å². The zero-order valence-electron chi connectivity index (χ0n) is 17.9. The standard InChI is InChI=1S/C24H25ClN2O5/c1-30-21-13-17(9-10-20(21)31-14-18-7-3-4-8-19(18)25)23(29)32-15-22(28)27-24(16-26)11-5-2-6-12-24/h3-4,7-10,13H,2,5-6,11-12,14-15H2,1H3,(H,27,28). The Morgan fingerprint density at radius 1 is 1.12 bits per heavy atom. The lowest BCUT2D eigenvalue weighted by atomic mass is 9.83. The molecule has 1 aliphatic carbocycles. The van der Waals surface area contributed by atoms with E-state index >= 15 is 0 Å². The molecule has 7 nitrogen and oxygen atoms in total. The van der Waals surface area contributed by atoms with Gasteiger partial charge >= 0.3 is 5.97 Å². The minimum absolute atomic E-state index is 0.215. The summed E-state index contributed by atoms with van der Waals surface area (Å²) in [4.78, 5) is 24.7. The van der Waals surface area contributed by atoms with Crippen molar-refractivity contribution in [1.29, 1.82) is 5.26 Å². The summed E-state index contributed by atoms with van der Waals surface area (Å²) in [6, 6.07) is 14.2. The van der Waals surface area contributed by atoms with E-state index in [1.165, 1.54) is 19.2 Å². The lowest BCUT2D eigenvalue weighted by molar-refractivity contribution is -0.125. The number of methoxy groups -OCH3 is 1. The summed E-state index contributed by atoms with van der Waals surface area (Å²) in [6.07, 6.45) is 4.04. The van der Waals surface area contributed by atoms with Crippen LogP contribution < -0.4 is 14.8 Å². The molecular formula is C24H25ClN2O5. The number of rotatable bonds is 8. The van der Waals surface area contributed by atoms with Crippen molar-refractivity contribution in [2.45, 2.75) is 44.2 Å². The summed E-state index contributed by atoms with van der Waals surface area (Å²) >= 11 is 6.15. The van der Waals surface area contributed by atoms with E-state index in [-0.39, 0.29) is 12.2 Å². The number of hydrogen-bond acceptors (Lipinski definition) is 6. The highest BCUT2D eigenvalue weighted by molar-refractivity contribution is 6.31. The van der Waals surface area contributed by atoms with Gasteiger partial charge < -0.3 is 19.5 Å². The van der Waals surface area contributed by atoms with Gasteiger partial charge in [-0.05, 0) is 37.1 Å². The predicted molar refractivity (Wildman–Crippen MR) is 119 cm³/mol. The van der Waals surface area contributed by atoms with Crippen LogP contribution in [0.25, 0.3) is 0 Å². The van der Waals surface area contributed by atoms with Gasteiger partial charge in [-0.3, -0.25) is 4.79 Å². The second kappa shape index (κ2) is 10.9.